The zero-order chi connectivity index (χ0) is 22.1. The SMILES string of the molecule is O=C(OCc1cccc2c1OC(c1ccccc1)C(C(=O)C(F)(F)F)=N2)C(F)(F)F. The first-order chi connectivity index (χ1) is 14.0. The predicted octanol–water partition coefficient (Wildman–Crippen LogP) is 4.63. The molecule has 1 heterocycles. The summed E-state index contributed by atoms with van der Waals surface area (Å²) in [7, 11) is 0. The number of ketones is 1. The summed E-state index contributed by atoms with van der Waals surface area (Å²) in [6, 6.07) is 11.1. The van der Waals surface area contributed by atoms with Crippen molar-refractivity contribution in [3.8, 4) is 5.75 Å². The second-order valence-electron chi connectivity index (χ2n) is 6.07. The molecule has 0 aromatic heterocycles. The fourth-order valence-corrected chi connectivity index (χ4v) is 2.67. The van der Waals surface area contributed by atoms with Crippen LogP contribution in [0.1, 0.15) is 17.2 Å². The second-order valence-corrected chi connectivity index (χ2v) is 6.07. The standard InChI is InChI=1S/C19H11F6NO4/c20-18(21,22)16(27)13-15(10-5-2-1-3-6-10)30-14-11(7-4-8-12(14)26-13)9-29-17(28)19(23,24)25/h1-8,15H,9H2. The van der Waals surface area contributed by atoms with Crippen molar-refractivity contribution in [2.24, 2.45) is 4.99 Å². The van der Waals surface area contributed by atoms with Crippen molar-refractivity contribution in [2.45, 2.75) is 25.1 Å². The molecule has 0 bridgehead atoms. The van der Waals surface area contributed by atoms with Crippen LogP contribution < -0.4 is 4.74 Å². The van der Waals surface area contributed by atoms with E-state index in [4.69, 9.17) is 4.74 Å². The molecule has 0 saturated heterocycles. The number of benzene rings is 2. The first-order valence-corrected chi connectivity index (χ1v) is 8.26. The fourth-order valence-electron chi connectivity index (χ4n) is 2.67. The van der Waals surface area contributed by atoms with Crippen LogP contribution in [-0.4, -0.2) is 29.8 Å². The third kappa shape index (κ3) is 4.44. The van der Waals surface area contributed by atoms with Crippen molar-refractivity contribution >= 4 is 23.2 Å². The van der Waals surface area contributed by atoms with Crippen molar-refractivity contribution in [3.05, 3.63) is 59.7 Å². The molecule has 11 heteroatoms. The summed E-state index contributed by atoms with van der Waals surface area (Å²) in [5.74, 6) is -4.84. The van der Waals surface area contributed by atoms with Crippen LogP contribution in [0.15, 0.2) is 53.5 Å². The molecule has 0 aliphatic carbocycles. The number of aliphatic imine (C=N–C) groups is 1. The number of Topliss-reactive ketones (excluding diaryl/α,β-unsaturated/α-hetero) is 1. The Morgan fingerprint density at radius 2 is 1.60 bits per heavy atom. The van der Waals surface area contributed by atoms with Crippen LogP contribution in [0.4, 0.5) is 32.0 Å². The Hall–Kier alpha value is -3.37. The first-order valence-electron chi connectivity index (χ1n) is 8.26. The maximum atomic E-state index is 13.0. The summed E-state index contributed by atoms with van der Waals surface area (Å²) in [6.45, 7) is -0.860. The summed E-state index contributed by atoms with van der Waals surface area (Å²) in [5.41, 5.74) is -1.03. The van der Waals surface area contributed by atoms with Crippen molar-refractivity contribution in [3.63, 3.8) is 0 Å². The van der Waals surface area contributed by atoms with Crippen molar-refractivity contribution in [1.82, 2.24) is 0 Å². The summed E-state index contributed by atoms with van der Waals surface area (Å²) >= 11 is 0. The number of carbonyl (C=O) groups excluding carboxylic acids is 2. The summed E-state index contributed by atoms with van der Waals surface area (Å²) in [4.78, 5) is 26.6. The Morgan fingerprint density at radius 3 is 2.20 bits per heavy atom. The Labute approximate surface area is 164 Å². The van der Waals surface area contributed by atoms with Crippen LogP contribution in [0.3, 0.4) is 0 Å². The number of hydrogen-bond donors (Lipinski definition) is 0. The molecule has 1 unspecified atom stereocenters. The van der Waals surface area contributed by atoms with Crippen LogP contribution in [-0.2, 0) is 20.9 Å². The molecule has 158 valence electrons. The summed E-state index contributed by atoms with van der Waals surface area (Å²) < 4.78 is 86.0. The molecule has 5 nitrogen and oxygen atoms in total. The van der Waals surface area contributed by atoms with Crippen molar-refractivity contribution in [2.75, 3.05) is 0 Å². The molecule has 0 N–H and O–H groups in total. The number of carbonyl (C=O) groups is 2. The number of nitrogens with zero attached hydrogens (tertiary/aromatic N) is 1. The minimum atomic E-state index is -5.22. The Bertz CT molecular complexity index is 998. The zero-order valence-corrected chi connectivity index (χ0v) is 14.8. The van der Waals surface area contributed by atoms with E-state index >= 15 is 0 Å². The molecule has 1 aliphatic rings. The highest BCUT2D eigenvalue weighted by Crippen LogP contribution is 2.41. The van der Waals surface area contributed by atoms with Gasteiger partial charge in [-0.05, 0) is 11.6 Å². The second kappa shape index (κ2) is 7.81. The minimum absolute atomic E-state index is 0.0618. The highest BCUT2D eigenvalue weighted by molar-refractivity contribution is 6.44. The number of rotatable bonds is 4. The molecule has 30 heavy (non-hydrogen) atoms. The first kappa shape index (κ1) is 21.3. The molecule has 1 aliphatic heterocycles. The van der Waals surface area contributed by atoms with Crippen LogP contribution in [0, 0.1) is 0 Å². The van der Waals surface area contributed by atoms with E-state index in [2.05, 4.69) is 9.73 Å². The van der Waals surface area contributed by atoms with E-state index in [0.29, 0.717) is 0 Å². The third-order valence-electron chi connectivity index (χ3n) is 3.98. The van der Waals surface area contributed by atoms with Gasteiger partial charge in [0.1, 0.15) is 18.0 Å². The number of ether oxygens (including phenoxy) is 2. The normalized spacial score (nSPS) is 16.2. The van der Waals surface area contributed by atoms with Gasteiger partial charge < -0.3 is 9.47 Å². The lowest BCUT2D eigenvalue weighted by atomic mass is 9.99. The largest absolute Gasteiger partial charge is 0.490 e. The number of alkyl halides is 6. The van der Waals surface area contributed by atoms with Crippen molar-refractivity contribution < 1.29 is 45.4 Å². The lowest BCUT2D eigenvalue weighted by Gasteiger charge is -2.27. The average Bonchev–Trinajstić information content (AvgIpc) is 2.69. The van der Waals surface area contributed by atoms with E-state index < -0.39 is 42.5 Å². The molecule has 0 spiro atoms. The van der Waals surface area contributed by atoms with E-state index in [9.17, 15) is 35.9 Å². The Balaban J connectivity index is 2.02. The maximum absolute atomic E-state index is 13.0. The van der Waals surface area contributed by atoms with Gasteiger partial charge in [0.25, 0.3) is 5.78 Å². The number of esters is 1. The van der Waals surface area contributed by atoms with Gasteiger partial charge in [0.15, 0.2) is 11.9 Å². The number of para-hydroxylation sites is 1. The molecule has 1 atom stereocenters. The number of halogens is 6. The average molecular weight is 431 g/mol. The van der Waals surface area contributed by atoms with E-state index in [-0.39, 0.29) is 22.6 Å². The molecule has 0 fully saturated rings. The van der Waals surface area contributed by atoms with Crippen LogP contribution >= 0.6 is 0 Å². The van der Waals surface area contributed by atoms with Crippen LogP contribution in [0.25, 0.3) is 0 Å². The molecular formula is C19H11F6NO4. The van der Waals surface area contributed by atoms with Gasteiger partial charge >= 0.3 is 18.3 Å². The Kier molecular flexibility index (Phi) is 5.55. The molecule has 2 aromatic rings. The minimum Gasteiger partial charge on any atom is -0.477 e. The predicted molar refractivity (Wildman–Crippen MR) is 90.3 cm³/mol. The van der Waals surface area contributed by atoms with Gasteiger partial charge in [0, 0.05) is 5.56 Å². The highest BCUT2D eigenvalue weighted by atomic mass is 19.4. The van der Waals surface area contributed by atoms with Gasteiger partial charge in [-0.3, -0.25) is 4.79 Å². The van der Waals surface area contributed by atoms with Crippen LogP contribution in [0.2, 0.25) is 0 Å². The molecule has 0 amide bonds. The van der Waals surface area contributed by atoms with Gasteiger partial charge in [-0.25, -0.2) is 9.79 Å². The summed E-state index contributed by atoms with van der Waals surface area (Å²) in [5, 5.41) is 0. The third-order valence-corrected chi connectivity index (χ3v) is 3.98. The molecule has 0 saturated carbocycles. The Morgan fingerprint density at radius 1 is 0.933 bits per heavy atom. The van der Waals surface area contributed by atoms with E-state index in [0.717, 1.165) is 0 Å². The lowest BCUT2D eigenvalue weighted by molar-refractivity contribution is -0.201. The lowest BCUT2D eigenvalue weighted by Crippen LogP contribution is -2.37. The fraction of sp³-hybridized carbons (Fsp3) is 0.211. The zero-order valence-electron chi connectivity index (χ0n) is 14.8. The highest BCUT2D eigenvalue weighted by Gasteiger charge is 2.47. The van der Waals surface area contributed by atoms with Gasteiger partial charge in [0.05, 0.1) is 0 Å². The molecular weight excluding hydrogens is 420 g/mol. The van der Waals surface area contributed by atoms with Gasteiger partial charge in [-0.2, -0.15) is 26.3 Å². The maximum Gasteiger partial charge on any atom is 0.490 e. The number of hydrogen-bond acceptors (Lipinski definition) is 5. The van der Waals surface area contributed by atoms with E-state index in [1.165, 1.54) is 42.5 Å². The topological polar surface area (TPSA) is 65.0 Å². The van der Waals surface area contributed by atoms with Gasteiger partial charge in [0.2, 0.25) is 0 Å². The van der Waals surface area contributed by atoms with Crippen LogP contribution in [0.5, 0.6) is 5.75 Å². The smallest absolute Gasteiger partial charge is 0.477 e. The quantitative estimate of drug-likeness (QED) is 0.523. The van der Waals surface area contributed by atoms with E-state index in [1.807, 2.05) is 0 Å². The monoisotopic (exact) mass is 431 g/mol. The van der Waals surface area contributed by atoms with E-state index in [1.54, 1.807) is 6.07 Å². The van der Waals surface area contributed by atoms with Gasteiger partial charge in [-0.15, -0.1) is 0 Å². The number of fused-ring (bicyclic) bond motifs is 1. The summed E-state index contributed by atoms with van der Waals surface area (Å²) in [6.07, 6.45) is -12.0. The molecule has 3 rings (SSSR count). The van der Waals surface area contributed by atoms with Gasteiger partial charge in [-0.1, -0.05) is 42.5 Å². The van der Waals surface area contributed by atoms with Crippen molar-refractivity contribution in [1.29, 1.82) is 0 Å². The molecule has 0 radical (unpaired) electrons. The molecule has 2 aromatic carbocycles.